The van der Waals surface area contributed by atoms with Crippen LogP contribution in [0.4, 0.5) is 19.5 Å². The summed E-state index contributed by atoms with van der Waals surface area (Å²) in [6.45, 7) is 0.655. The molecule has 0 aliphatic carbocycles. The smallest absolute Gasteiger partial charge is 0.266 e. The van der Waals surface area contributed by atoms with Gasteiger partial charge in [-0.2, -0.15) is 0 Å². The fourth-order valence-corrected chi connectivity index (χ4v) is 4.64. The first-order valence-electron chi connectivity index (χ1n) is 8.82. The van der Waals surface area contributed by atoms with Gasteiger partial charge in [0.15, 0.2) is 18.2 Å². The Labute approximate surface area is 184 Å². The van der Waals surface area contributed by atoms with E-state index in [1.807, 2.05) is 4.72 Å². The van der Waals surface area contributed by atoms with Gasteiger partial charge in [-0.25, -0.2) is 31.3 Å². The number of nitrogens with two attached hydrogens (primary N) is 1. The Kier molecular flexibility index (Phi) is 6.81. The summed E-state index contributed by atoms with van der Waals surface area (Å²) in [5.41, 5.74) is 5.00. The molecule has 4 N–H and O–H groups in total. The normalized spacial score (nSPS) is 11.3. The highest BCUT2D eigenvalue weighted by molar-refractivity contribution is 7.93. The molecule has 15 heteroatoms. The number of halogens is 2. The zero-order valence-corrected chi connectivity index (χ0v) is 17.8. The number of imidazole rings is 1. The molecule has 3 rings (SSSR count). The summed E-state index contributed by atoms with van der Waals surface area (Å²) < 4.78 is 58.8. The summed E-state index contributed by atoms with van der Waals surface area (Å²) >= 11 is 0.647. The van der Waals surface area contributed by atoms with Crippen LogP contribution < -0.4 is 25.4 Å². The molecule has 0 saturated carbocycles. The number of sulfonamides is 1. The summed E-state index contributed by atoms with van der Waals surface area (Å²) in [5, 5.41) is 12.6. The number of carbonyl (C=O) groups excluding carboxylic acids is 2. The number of aromatic carboxylic acids is 1. The number of rotatable bonds is 9. The quantitative estimate of drug-likeness (QED) is 0.336. The second kappa shape index (κ2) is 9.37. The minimum atomic E-state index is -4.56. The van der Waals surface area contributed by atoms with E-state index in [0.717, 1.165) is 5.51 Å². The minimum Gasteiger partial charge on any atom is -0.543 e. The third-order valence-corrected chi connectivity index (χ3v) is 6.24. The van der Waals surface area contributed by atoms with Gasteiger partial charge in [0.05, 0.1) is 16.4 Å². The third-order valence-electron chi connectivity index (χ3n) is 4.04. The van der Waals surface area contributed by atoms with Crippen molar-refractivity contribution < 1.29 is 36.5 Å². The molecular formula is C17H16F2N6O5S2. The molecule has 3 aromatic rings. The Hall–Kier alpha value is -3.43. The lowest BCUT2D eigenvalue weighted by molar-refractivity contribution is -0.683. The van der Waals surface area contributed by atoms with Crippen molar-refractivity contribution in [3.63, 3.8) is 0 Å². The number of nitrogens with one attached hydrogen (secondary N) is 2. The van der Waals surface area contributed by atoms with E-state index in [1.165, 1.54) is 4.57 Å². The molecule has 2 aromatic heterocycles. The molecule has 0 aliphatic heterocycles. The zero-order chi connectivity index (χ0) is 23.5. The number of carbonyl (C=O) groups is 2. The van der Waals surface area contributed by atoms with Gasteiger partial charge in [-0.05, 0) is 12.1 Å². The van der Waals surface area contributed by atoms with Crippen LogP contribution in [0, 0.1) is 11.6 Å². The fraction of sp³-hybridized carbons (Fsp3) is 0.176. The van der Waals surface area contributed by atoms with Crippen LogP contribution in [0.5, 0.6) is 0 Å². The molecule has 0 spiro atoms. The summed E-state index contributed by atoms with van der Waals surface area (Å²) in [5.74, 6) is -5.16. The van der Waals surface area contributed by atoms with Crippen LogP contribution in [0.15, 0.2) is 41.3 Å². The lowest BCUT2D eigenvalue weighted by Gasteiger charge is -2.11. The monoisotopic (exact) mass is 486 g/mol. The predicted molar refractivity (Wildman–Crippen MR) is 106 cm³/mol. The van der Waals surface area contributed by atoms with E-state index in [4.69, 9.17) is 5.73 Å². The lowest BCUT2D eigenvalue weighted by Crippen LogP contribution is -2.38. The molecule has 0 saturated heterocycles. The van der Waals surface area contributed by atoms with Crippen molar-refractivity contribution in [3.05, 3.63) is 53.7 Å². The Bertz CT molecular complexity index is 1250. The maximum Gasteiger partial charge on any atom is 0.266 e. The number of anilines is 2. The van der Waals surface area contributed by atoms with E-state index < -0.39 is 49.8 Å². The van der Waals surface area contributed by atoms with E-state index in [-0.39, 0.29) is 11.5 Å². The topological polar surface area (TPSA) is 163 Å². The van der Waals surface area contributed by atoms with Gasteiger partial charge in [-0.3, -0.25) is 9.52 Å². The Morgan fingerprint density at radius 3 is 2.59 bits per heavy atom. The van der Waals surface area contributed by atoms with Crippen LogP contribution in [0.25, 0.3) is 0 Å². The molecule has 0 atom stereocenters. The highest BCUT2D eigenvalue weighted by atomic mass is 32.2. The van der Waals surface area contributed by atoms with Crippen LogP contribution >= 0.6 is 11.3 Å². The summed E-state index contributed by atoms with van der Waals surface area (Å²) in [6.07, 6.45) is 4.83. The second-order valence-electron chi connectivity index (χ2n) is 6.35. The highest BCUT2D eigenvalue weighted by Crippen LogP contribution is 2.27. The van der Waals surface area contributed by atoms with Gasteiger partial charge >= 0.3 is 0 Å². The number of benzene rings is 1. The van der Waals surface area contributed by atoms with Gasteiger partial charge in [0, 0.05) is 6.54 Å². The first kappa shape index (κ1) is 23.2. The number of amides is 1. The number of hydrogen-bond acceptors (Lipinski definition) is 8. The van der Waals surface area contributed by atoms with Crippen molar-refractivity contribution in [1.29, 1.82) is 0 Å². The number of nitrogens with zero attached hydrogens (tertiary/aromatic N) is 3. The van der Waals surface area contributed by atoms with Crippen LogP contribution in [-0.4, -0.2) is 36.4 Å². The van der Waals surface area contributed by atoms with Crippen LogP contribution in [0.1, 0.15) is 10.5 Å². The molecule has 0 aliphatic rings. The largest absolute Gasteiger partial charge is 0.543 e. The van der Waals surface area contributed by atoms with Crippen molar-refractivity contribution in [2.75, 3.05) is 16.6 Å². The molecule has 32 heavy (non-hydrogen) atoms. The van der Waals surface area contributed by atoms with Gasteiger partial charge < -0.3 is 21.0 Å². The standard InChI is InChI=1S/C17H16F2N6O5S2/c18-11-5-10(32(29,30)23-16-15(17(27)28)21-8-31-16)6-12(19)14(11)22-13(26)7-25-4-3-24(9-25)2-1-20/h3-6,8-9,23H,1-2,7,20H2,(H-,22,26,27,28). The first-order valence-corrected chi connectivity index (χ1v) is 11.2. The Balaban J connectivity index is 1.77. The van der Waals surface area contributed by atoms with E-state index in [9.17, 15) is 31.9 Å². The molecule has 2 heterocycles. The predicted octanol–water partition coefficient (Wildman–Crippen LogP) is -0.728. The van der Waals surface area contributed by atoms with Gasteiger partial charge in [-0.15, -0.1) is 11.3 Å². The molecule has 1 amide bonds. The van der Waals surface area contributed by atoms with Gasteiger partial charge in [0.1, 0.15) is 35.3 Å². The Morgan fingerprint density at radius 1 is 1.28 bits per heavy atom. The van der Waals surface area contributed by atoms with Gasteiger partial charge in [-0.1, -0.05) is 0 Å². The fourth-order valence-electron chi connectivity index (χ4n) is 2.63. The van der Waals surface area contributed by atoms with Crippen molar-refractivity contribution in [2.24, 2.45) is 5.73 Å². The second-order valence-corrected chi connectivity index (χ2v) is 8.88. The van der Waals surface area contributed by atoms with Crippen LogP contribution in [0.3, 0.4) is 0 Å². The minimum absolute atomic E-state index is 0.255. The summed E-state index contributed by atoms with van der Waals surface area (Å²) in [7, 11) is -4.56. The van der Waals surface area contributed by atoms with E-state index >= 15 is 0 Å². The van der Waals surface area contributed by atoms with Crippen molar-refractivity contribution in [3.8, 4) is 0 Å². The zero-order valence-electron chi connectivity index (χ0n) is 16.1. The molecular weight excluding hydrogens is 470 g/mol. The SMILES string of the molecule is NCCn1cc[n+](CC(=O)Nc2c(F)cc(S(=O)(=O)Nc3scnc3C(=O)[O-])cc2F)c1. The molecule has 0 unspecified atom stereocenters. The third kappa shape index (κ3) is 5.24. The number of hydrogen-bond donors (Lipinski definition) is 3. The maximum absolute atomic E-state index is 14.4. The number of carboxylic acids is 1. The summed E-state index contributed by atoms with van der Waals surface area (Å²) in [6, 6.07) is 0.983. The van der Waals surface area contributed by atoms with Gasteiger partial charge in [0.25, 0.3) is 15.9 Å². The molecule has 0 bridgehead atoms. The molecule has 1 aromatic carbocycles. The first-order chi connectivity index (χ1) is 15.1. The average Bonchev–Trinajstić information content (AvgIpc) is 3.34. The van der Waals surface area contributed by atoms with E-state index in [2.05, 4.69) is 10.3 Å². The van der Waals surface area contributed by atoms with E-state index in [0.29, 0.717) is 36.6 Å². The molecule has 0 radical (unpaired) electrons. The molecule has 0 fully saturated rings. The molecule has 11 nitrogen and oxygen atoms in total. The van der Waals surface area contributed by atoms with Crippen LogP contribution in [0.2, 0.25) is 0 Å². The van der Waals surface area contributed by atoms with Crippen molar-refractivity contribution in [2.45, 2.75) is 18.0 Å². The number of carboxylic acid groups (broad SMARTS) is 1. The lowest BCUT2D eigenvalue weighted by atomic mass is 10.3. The number of thiazole rings is 1. The summed E-state index contributed by atoms with van der Waals surface area (Å²) in [4.78, 5) is 25.7. The van der Waals surface area contributed by atoms with Gasteiger partial charge in [0.2, 0.25) is 6.33 Å². The average molecular weight is 486 g/mol. The van der Waals surface area contributed by atoms with Crippen molar-refractivity contribution in [1.82, 2.24) is 9.55 Å². The maximum atomic E-state index is 14.4. The van der Waals surface area contributed by atoms with Crippen LogP contribution in [-0.2, 0) is 27.9 Å². The Morgan fingerprint density at radius 2 is 1.97 bits per heavy atom. The highest BCUT2D eigenvalue weighted by Gasteiger charge is 2.23. The van der Waals surface area contributed by atoms with Crippen molar-refractivity contribution >= 4 is 43.9 Å². The van der Waals surface area contributed by atoms with E-state index in [1.54, 1.807) is 23.3 Å². The number of aromatic nitrogens is 3. The molecule has 170 valence electrons.